The van der Waals surface area contributed by atoms with E-state index < -0.39 is 35.1 Å². The van der Waals surface area contributed by atoms with E-state index in [0.29, 0.717) is 49.4 Å². The Morgan fingerprint density at radius 3 is 1.00 bits per heavy atom. The van der Waals surface area contributed by atoms with Gasteiger partial charge in [-0.1, -0.05) is 43.3 Å². The van der Waals surface area contributed by atoms with E-state index in [1.54, 1.807) is 30.5 Å². The molecule has 6 aromatic carbocycles. The number of fused-ring (bicyclic) bond motifs is 3. The van der Waals surface area contributed by atoms with Crippen LogP contribution in [0.25, 0.3) is 66.1 Å². The molecule has 3 aromatic heterocycles. The predicted octanol–water partition coefficient (Wildman–Crippen LogP) is 13.9. The number of alkyl halides is 6. The minimum absolute atomic E-state index is 0. The monoisotopic (exact) mass is 1010 g/mol. The van der Waals surface area contributed by atoms with Crippen molar-refractivity contribution in [3.05, 3.63) is 198 Å². The molecule has 0 saturated carbocycles. The van der Waals surface area contributed by atoms with Crippen LogP contribution in [-0.2, 0) is 32.5 Å². The minimum Gasteiger partial charge on any atom is -0.304 e. The van der Waals surface area contributed by atoms with E-state index in [1.807, 2.05) is 31.2 Å². The molecule has 0 spiro atoms. The predicted molar refractivity (Wildman–Crippen MR) is 213 cm³/mol. The quantitative estimate of drug-likeness (QED) is 0.131. The van der Waals surface area contributed by atoms with Gasteiger partial charge in [-0.2, -0.15) is 26.3 Å². The molecule has 0 saturated heterocycles. The van der Waals surface area contributed by atoms with Gasteiger partial charge in [-0.15, -0.1) is 95.1 Å². The summed E-state index contributed by atoms with van der Waals surface area (Å²) < 4.78 is 116. The van der Waals surface area contributed by atoms with Gasteiger partial charge in [-0.25, -0.2) is 13.2 Å². The number of hydrogen-bond donors (Lipinski definition) is 0. The van der Waals surface area contributed by atoms with Gasteiger partial charge in [0.25, 0.3) is 0 Å². The van der Waals surface area contributed by atoms with Crippen LogP contribution >= 0.6 is 0 Å². The molecule has 0 fully saturated rings. The summed E-state index contributed by atoms with van der Waals surface area (Å²) in [4.78, 5) is 12.6. The van der Waals surface area contributed by atoms with Gasteiger partial charge in [0.2, 0.25) is 0 Å². The van der Waals surface area contributed by atoms with Crippen LogP contribution in [0.5, 0.6) is 0 Å². The first-order valence-corrected chi connectivity index (χ1v) is 18.0. The van der Waals surface area contributed by atoms with Crippen molar-refractivity contribution in [3.8, 4) is 33.8 Å². The van der Waals surface area contributed by atoms with Crippen molar-refractivity contribution >= 4 is 32.3 Å². The van der Waals surface area contributed by atoms with Crippen LogP contribution in [0.1, 0.15) is 16.7 Å². The fraction of sp³-hybridized carbons (Fsp3) is 0.0625. The van der Waals surface area contributed by atoms with Crippen LogP contribution in [0, 0.1) is 42.6 Å². The van der Waals surface area contributed by atoms with Gasteiger partial charge in [0.1, 0.15) is 17.5 Å². The molecular weight excluding hydrogens is 982 g/mol. The number of aromatic nitrogens is 3. The van der Waals surface area contributed by atoms with Gasteiger partial charge in [-0.3, -0.25) is 0 Å². The van der Waals surface area contributed by atoms with E-state index in [9.17, 15) is 39.5 Å². The second-order valence-electron chi connectivity index (χ2n) is 13.2. The molecule has 0 aliphatic heterocycles. The summed E-state index contributed by atoms with van der Waals surface area (Å²) >= 11 is 0. The van der Waals surface area contributed by atoms with Crippen LogP contribution in [0.15, 0.2) is 146 Å². The summed E-state index contributed by atoms with van der Waals surface area (Å²) in [6.07, 6.45) is -4.34. The second kappa shape index (κ2) is 18.5. The minimum atomic E-state index is -4.41. The zero-order valence-corrected chi connectivity index (χ0v) is 33.8. The molecular formula is C48H27F9IrN3. The summed E-state index contributed by atoms with van der Waals surface area (Å²) in [5.41, 5.74) is 2.82. The van der Waals surface area contributed by atoms with Gasteiger partial charge >= 0.3 is 32.5 Å². The Hall–Kier alpha value is -6.43. The molecule has 0 aliphatic rings. The average molecular weight is 1010 g/mol. The molecule has 306 valence electrons. The maximum atomic E-state index is 13.7. The number of halogens is 9. The second-order valence-corrected chi connectivity index (χ2v) is 13.2. The zero-order chi connectivity index (χ0) is 42.6. The van der Waals surface area contributed by atoms with Gasteiger partial charge in [0.05, 0.1) is 0 Å². The molecule has 3 nitrogen and oxygen atoms in total. The molecule has 0 amide bonds. The Morgan fingerprint density at radius 2 is 0.721 bits per heavy atom. The number of hydrogen-bond acceptors (Lipinski definition) is 3. The van der Waals surface area contributed by atoms with Crippen molar-refractivity contribution in [2.24, 2.45) is 0 Å². The molecule has 9 rings (SSSR count). The van der Waals surface area contributed by atoms with Crippen molar-refractivity contribution < 1.29 is 59.6 Å². The van der Waals surface area contributed by atoms with Crippen molar-refractivity contribution in [2.75, 3.05) is 0 Å². The van der Waals surface area contributed by atoms with E-state index >= 15 is 0 Å². The molecule has 13 heteroatoms. The molecule has 3 heterocycles. The Balaban J connectivity index is 0.000000152. The average Bonchev–Trinajstić information content (AvgIpc) is 3.24. The first kappa shape index (κ1) is 44.1. The fourth-order valence-electron chi connectivity index (χ4n) is 6.30. The Labute approximate surface area is 356 Å². The molecule has 61 heavy (non-hydrogen) atoms. The van der Waals surface area contributed by atoms with E-state index in [2.05, 4.69) is 33.2 Å². The van der Waals surface area contributed by atoms with Crippen LogP contribution < -0.4 is 0 Å². The molecule has 0 atom stereocenters. The van der Waals surface area contributed by atoms with Crippen LogP contribution in [0.3, 0.4) is 0 Å². The molecule has 0 bridgehead atoms. The van der Waals surface area contributed by atoms with E-state index in [-0.39, 0.29) is 25.9 Å². The van der Waals surface area contributed by atoms with E-state index in [4.69, 9.17) is 0 Å². The summed E-state index contributed by atoms with van der Waals surface area (Å²) in [7, 11) is 0. The number of aryl methyl sites for hydroxylation is 1. The van der Waals surface area contributed by atoms with Crippen molar-refractivity contribution in [1.29, 1.82) is 0 Å². The molecule has 0 N–H and O–H groups in total. The van der Waals surface area contributed by atoms with E-state index in [0.717, 1.165) is 46.5 Å². The first-order valence-electron chi connectivity index (χ1n) is 18.0. The number of benzene rings is 6. The van der Waals surface area contributed by atoms with E-state index in [1.165, 1.54) is 67.0 Å². The number of pyridine rings is 3. The molecule has 9 aromatic rings. The maximum Gasteiger partial charge on any atom is 3.00 e. The van der Waals surface area contributed by atoms with Crippen LogP contribution in [0.2, 0.25) is 0 Å². The van der Waals surface area contributed by atoms with Crippen molar-refractivity contribution in [2.45, 2.75) is 19.3 Å². The third kappa shape index (κ3) is 9.96. The Morgan fingerprint density at radius 1 is 0.393 bits per heavy atom. The van der Waals surface area contributed by atoms with Crippen molar-refractivity contribution in [3.63, 3.8) is 0 Å². The normalized spacial score (nSPS) is 11.3. The van der Waals surface area contributed by atoms with Gasteiger partial charge in [-0.05, 0) is 80.8 Å². The van der Waals surface area contributed by atoms with Crippen LogP contribution in [-0.4, -0.2) is 15.0 Å². The standard InChI is InChI=1S/2C16H8F4N.C16H11FN.Ir/c2*17-14-3-1-2-13-12(14)8-9-21-15(13)10-4-6-11(7-5-10)16(18,19)20;1-11-5-7-12(8-6-11)16-14-3-2-4-15(17)13(14)9-10-18-16;/h2*1-4,6-9H;2-7,9-10H,1H3;/q3*-1;+3. The largest absolute Gasteiger partial charge is 3.00 e. The SMILES string of the molecule is Cc1c[c-]c(-c2nccc3c(F)cccc23)cc1.Fc1cccc2c(-c3[c-]cc(C(F)(F)F)cc3)nccc12.Fc1cccc2c(-c3[c-]cc(C(F)(F)F)cc3)nccc12.[Ir+3]. The summed E-state index contributed by atoms with van der Waals surface area (Å²) in [5, 5.41) is 3.22. The van der Waals surface area contributed by atoms with Crippen LogP contribution in [0.4, 0.5) is 39.5 Å². The van der Waals surface area contributed by atoms with Gasteiger partial charge in [0, 0.05) is 34.7 Å². The summed E-state index contributed by atoms with van der Waals surface area (Å²) in [6, 6.07) is 39.3. The Bertz CT molecular complexity index is 2800. The summed E-state index contributed by atoms with van der Waals surface area (Å²) in [5.74, 6) is -1.02. The van der Waals surface area contributed by atoms with Gasteiger partial charge < -0.3 is 15.0 Å². The smallest absolute Gasteiger partial charge is 0.304 e. The van der Waals surface area contributed by atoms with Crippen molar-refractivity contribution in [1.82, 2.24) is 15.0 Å². The molecule has 0 radical (unpaired) electrons. The zero-order valence-electron chi connectivity index (χ0n) is 31.4. The molecule has 0 aliphatic carbocycles. The fourth-order valence-corrected chi connectivity index (χ4v) is 6.30. The summed E-state index contributed by atoms with van der Waals surface area (Å²) in [6.45, 7) is 2.01. The molecule has 0 unspecified atom stereocenters. The number of rotatable bonds is 3. The Kier molecular flexibility index (Phi) is 13.3. The maximum absolute atomic E-state index is 13.7. The third-order valence-corrected chi connectivity index (χ3v) is 9.27. The van der Waals surface area contributed by atoms with Gasteiger partial charge in [0.15, 0.2) is 0 Å². The first-order chi connectivity index (χ1) is 28.7. The topological polar surface area (TPSA) is 38.7 Å². The number of nitrogens with zero attached hydrogens (tertiary/aromatic N) is 3. The third-order valence-electron chi connectivity index (χ3n) is 9.27.